The number of ether oxygens (including phenoxy) is 2. The number of nitrogens with zero attached hydrogens (tertiary/aromatic N) is 2. The van der Waals surface area contributed by atoms with E-state index in [1.54, 1.807) is 36.4 Å². The van der Waals surface area contributed by atoms with Crippen molar-refractivity contribution in [3.05, 3.63) is 83.4 Å². The highest BCUT2D eigenvalue weighted by Crippen LogP contribution is 2.24. The van der Waals surface area contributed by atoms with E-state index in [-0.39, 0.29) is 6.61 Å². The second-order valence-electron chi connectivity index (χ2n) is 6.64. The number of halogens is 1. The lowest BCUT2D eigenvalue weighted by Crippen LogP contribution is -2.19. The average Bonchev–Trinajstić information content (AvgIpc) is 3.28. The first kappa shape index (κ1) is 20.4. The van der Waals surface area contributed by atoms with Gasteiger partial charge in [0.2, 0.25) is 5.82 Å². The third kappa shape index (κ3) is 5.40. The van der Waals surface area contributed by atoms with Crippen LogP contribution in [0.4, 0.5) is 0 Å². The SMILES string of the molecule is NC(=O)COc1ccc(-c2noc(-c3ccc(COc4ccc(Cl)cc4)cc3)n2)cc1. The van der Waals surface area contributed by atoms with E-state index in [0.29, 0.717) is 29.1 Å². The molecule has 1 heterocycles. The van der Waals surface area contributed by atoms with E-state index in [1.807, 2.05) is 36.4 Å². The molecule has 8 heteroatoms. The quantitative estimate of drug-likeness (QED) is 0.437. The third-order valence-electron chi connectivity index (χ3n) is 4.34. The number of benzene rings is 3. The number of amides is 1. The van der Waals surface area contributed by atoms with E-state index >= 15 is 0 Å². The molecule has 0 radical (unpaired) electrons. The van der Waals surface area contributed by atoms with Crippen LogP contribution in [-0.4, -0.2) is 22.7 Å². The van der Waals surface area contributed by atoms with E-state index in [9.17, 15) is 4.79 Å². The number of hydrogen-bond donors (Lipinski definition) is 1. The summed E-state index contributed by atoms with van der Waals surface area (Å²) in [6.45, 7) is 0.258. The van der Waals surface area contributed by atoms with Crippen LogP contribution in [0.1, 0.15) is 5.56 Å². The van der Waals surface area contributed by atoms with Gasteiger partial charge in [-0.3, -0.25) is 4.79 Å². The van der Waals surface area contributed by atoms with Gasteiger partial charge in [0, 0.05) is 16.1 Å². The Bertz CT molecular complexity index is 1160. The van der Waals surface area contributed by atoms with Gasteiger partial charge in [-0.1, -0.05) is 28.9 Å². The van der Waals surface area contributed by atoms with Crippen LogP contribution < -0.4 is 15.2 Å². The lowest BCUT2D eigenvalue weighted by Gasteiger charge is -2.06. The van der Waals surface area contributed by atoms with Crippen LogP contribution in [0.25, 0.3) is 22.8 Å². The molecule has 0 aliphatic rings. The lowest BCUT2D eigenvalue weighted by molar-refractivity contribution is -0.119. The van der Waals surface area contributed by atoms with Gasteiger partial charge in [-0.15, -0.1) is 0 Å². The molecule has 7 nitrogen and oxygen atoms in total. The molecular formula is C23H18ClN3O4. The highest BCUT2D eigenvalue weighted by atomic mass is 35.5. The summed E-state index contributed by atoms with van der Waals surface area (Å²) >= 11 is 5.88. The predicted molar refractivity (Wildman–Crippen MR) is 116 cm³/mol. The van der Waals surface area contributed by atoms with Crippen molar-refractivity contribution in [2.45, 2.75) is 6.61 Å². The predicted octanol–water partition coefficient (Wildman–Crippen LogP) is 4.50. The number of rotatable bonds is 8. The van der Waals surface area contributed by atoms with E-state index in [1.165, 1.54) is 0 Å². The molecule has 156 valence electrons. The minimum absolute atomic E-state index is 0.174. The fraction of sp³-hybridized carbons (Fsp3) is 0.0870. The fourth-order valence-corrected chi connectivity index (χ4v) is 2.88. The van der Waals surface area contributed by atoms with Crippen molar-refractivity contribution in [3.63, 3.8) is 0 Å². The van der Waals surface area contributed by atoms with Crippen LogP contribution in [0, 0.1) is 0 Å². The van der Waals surface area contributed by atoms with E-state index in [2.05, 4.69) is 10.1 Å². The molecule has 0 saturated carbocycles. The summed E-state index contributed by atoms with van der Waals surface area (Å²) in [5.74, 6) is 1.61. The van der Waals surface area contributed by atoms with E-state index < -0.39 is 5.91 Å². The molecule has 0 aliphatic heterocycles. The molecule has 2 N–H and O–H groups in total. The number of hydrogen-bond acceptors (Lipinski definition) is 6. The first-order valence-corrected chi connectivity index (χ1v) is 9.77. The van der Waals surface area contributed by atoms with Gasteiger partial charge in [0.25, 0.3) is 11.8 Å². The number of nitrogens with two attached hydrogens (primary N) is 1. The Balaban J connectivity index is 1.39. The standard InChI is InChI=1S/C23H18ClN3O4/c24-18-7-11-20(12-8-18)29-13-15-1-3-17(4-2-15)23-26-22(27-31-23)16-5-9-19(10-6-16)30-14-21(25)28/h1-12H,13-14H2,(H2,25,28). The fourth-order valence-electron chi connectivity index (χ4n) is 2.75. The number of carbonyl (C=O) groups excluding carboxylic acids is 1. The van der Waals surface area contributed by atoms with Gasteiger partial charge in [-0.05, 0) is 66.2 Å². The van der Waals surface area contributed by atoms with Gasteiger partial charge in [-0.25, -0.2) is 0 Å². The Kier molecular flexibility index (Phi) is 6.14. The molecule has 0 atom stereocenters. The second kappa shape index (κ2) is 9.32. The Morgan fingerprint density at radius 2 is 1.48 bits per heavy atom. The summed E-state index contributed by atoms with van der Waals surface area (Å²) < 4.78 is 16.4. The first-order valence-electron chi connectivity index (χ1n) is 9.40. The van der Waals surface area contributed by atoms with E-state index in [4.69, 9.17) is 31.3 Å². The van der Waals surface area contributed by atoms with Gasteiger partial charge < -0.3 is 19.7 Å². The molecule has 0 fully saturated rings. The van der Waals surface area contributed by atoms with Crippen molar-refractivity contribution < 1.29 is 18.8 Å². The molecule has 0 spiro atoms. The van der Waals surface area contributed by atoms with E-state index in [0.717, 1.165) is 22.4 Å². The summed E-state index contributed by atoms with van der Waals surface area (Å²) in [7, 11) is 0. The minimum Gasteiger partial charge on any atom is -0.489 e. The first-order chi connectivity index (χ1) is 15.1. The highest BCUT2D eigenvalue weighted by Gasteiger charge is 2.11. The van der Waals surface area contributed by atoms with Crippen LogP contribution in [-0.2, 0) is 11.4 Å². The summed E-state index contributed by atoms with van der Waals surface area (Å²) in [6, 6.07) is 21.9. The summed E-state index contributed by atoms with van der Waals surface area (Å²) in [5.41, 5.74) is 7.63. The summed E-state index contributed by atoms with van der Waals surface area (Å²) in [5, 5.41) is 4.71. The minimum atomic E-state index is -0.533. The van der Waals surface area contributed by atoms with Gasteiger partial charge >= 0.3 is 0 Å². The zero-order valence-electron chi connectivity index (χ0n) is 16.3. The molecule has 0 aliphatic carbocycles. The molecule has 31 heavy (non-hydrogen) atoms. The van der Waals surface area contributed by atoms with Crippen molar-refractivity contribution in [2.24, 2.45) is 5.73 Å². The van der Waals surface area contributed by atoms with Gasteiger partial charge in [-0.2, -0.15) is 4.98 Å². The normalized spacial score (nSPS) is 10.6. The second-order valence-corrected chi connectivity index (χ2v) is 7.08. The topological polar surface area (TPSA) is 100 Å². The maximum absolute atomic E-state index is 10.8. The monoisotopic (exact) mass is 435 g/mol. The molecule has 1 amide bonds. The van der Waals surface area contributed by atoms with Crippen molar-refractivity contribution in [2.75, 3.05) is 6.61 Å². The van der Waals surface area contributed by atoms with Crippen molar-refractivity contribution in [1.29, 1.82) is 0 Å². The lowest BCUT2D eigenvalue weighted by atomic mass is 10.1. The van der Waals surface area contributed by atoms with Crippen LogP contribution in [0.3, 0.4) is 0 Å². The zero-order chi connectivity index (χ0) is 21.6. The Hall–Kier alpha value is -3.84. The Morgan fingerprint density at radius 1 is 0.871 bits per heavy atom. The molecule has 4 aromatic rings. The molecular weight excluding hydrogens is 418 g/mol. The van der Waals surface area contributed by atoms with Crippen LogP contribution >= 0.6 is 11.6 Å². The molecule has 0 bridgehead atoms. The van der Waals surface area contributed by atoms with Crippen LogP contribution in [0.15, 0.2) is 77.3 Å². The molecule has 1 aromatic heterocycles. The van der Waals surface area contributed by atoms with Crippen molar-refractivity contribution in [3.8, 4) is 34.3 Å². The van der Waals surface area contributed by atoms with Gasteiger partial charge in [0.1, 0.15) is 18.1 Å². The maximum Gasteiger partial charge on any atom is 0.258 e. The zero-order valence-corrected chi connectivity index (χ0v) is 17.1. The average molecular weight is 436 g/mol. The van der Waals surface area contributed by atoms with Crippen molar-refractivity contribution >= 4 is 17.5 Å². The number of primary amides is 1. The van der Waals surface area contributed by atoms with Gasteiger partial charge in [0.05, 0.1) is 0 Å². The summed E-state index contributed by atoms with van der Waals surface area (Å²) in [4.78, 5) is 15.2. The number of aromatic nitrogens is 2. The Morgan fingerprint density at radius 3 is 2.16 bits per heavy atom. The molecule has 4 rings (SSSR count). The highest BCUT2D eigenvalue weighted by molar-refractivity contribution is 6.30. The smallest absolute Gasteiger partial charge is 0.258 e. The third-order valence-corrected chi connectivity index (χ3v) is 4.59. The van der Waals surface area contributed by atoms with Crippen LogP contribution in [0.2, 0.25) is 5.02 Å². The maximum atomic E-state index is 10.8. The van der Waals surface area contributed by atoms with Crippen LogP contribution in [0.5, 0.6) is 11.5 Å². The molecule has 0 unspecified atom stereocenters. The molecule has 0 saturated heterocycles. The van der Waals surface area contributed by atoms with Gasteiger partial charge in [0.15, 0.2) is 6.61 Å². The number of carbonyl (C=O) groups is 1. The van der Waals surface area contributed by atoms with Crippen molar-refractivity contribution in [1.82, 2.24) is 10.1 Å². The Labute approximate surface area is 183 Å². The summed E-state index contributed by atoms with van der Waals surface area (Å²) in [6.07, 6.45) is 0. The largest absolute Gasteiger partial charge is 0.489 e. The molecule has 3 aromatic carbocycles.